The van der Waals surface area contributed by atoms with E-state index in [9.17, 15) is 46.6 Å². The lowest BCUT2D eigenvalue weighted by atomic mass is 10.1. The molecule has 4 N–H and O–H groups in total. The van der Waals surface area contributed by atoms with E-state index in [4.69, 9.17) is 23.1 Å². The number of aryl methyl sites for hydroxylation is 1. The second-order valence-electron chi connectivity index (χ2n) is 8.55. The molecular weight excluding hydrogens is 596 g/mol. The van der Waals surface area contributed by atoms with Crippen molar-refractivity contribution in [3.05, 3.63) is 97.6 Å². The van der Waals surface area contributed by atoms with Gasteiger partial charge in [0.05, 0.1) is 21.0 Å². The average molecular weight is 624 g/mol. The predicted molar refractivity (Wildman–Crippen MR) is 149 cm³/mol. The minimum atomic E-state index is -4.93. The number of nitro groups is 2. The summed E-state index contributed by atoms with van der Waals surface area (Å²) in [5.74, 6) is 0.00926. The van der Waals surface area contributed by atoms with E-state index in [-0.39, 0.29) is 24.7 Å². The molecule has 16 heteroatoms. The first-order valence-electron chi connectivity index (χ1n) is 12.0. The molecular formula is C26H28ClF6N5O4. The molecule has 0 unspecified atom stereocenters. The standard InChI is InChI=1S/C12H13ClF3N3O4.C7H6F3N.C7H9N/c1-2-4-17(5-3-13)11-9(18(20)21)6-8(12(14,15)16)7-10(11)19(22)23;8-7(9,10)5-3-1-2-4-6(5)11;1-6-2-4-7(8)5-3-6/h6-7H,2-5H2,1H3;1-4H,11H2;2-5H,8H2,1H3. The second-order valence-corrected chi connectivity index (χ2v) is 8.92. The highest BCUT2D eigenvalue weighted by Crippen LogP contribution is 2.43. The highest BCUT2D eigenvalue weighted by molar-refractivity contribution is 6.18. The maximum atomic E-state index is 12.8. The monoisotopic (exact) mass is 623 g/mol. The predicted octanol–water partition coefficient (Wildman–Crippen LogP) is 7.84. The van der Waals surface area contributed by atoms with E-state index in [0.29, 0.717) is 18.6 Å². The molecule has 0 aliphatic rings. The number of hydrogen-bond donors (Lipinski definition) is 2. The quantitative estimate of drug-likeness (QED) is 0.0897. The van der Waals surface area contributed by atoms with Crippen LogP contribution in [0.5, 0.6) is 0 Å². The number of benzene rings is 3. The normalized spacial score (nSPS) is 11.0. The number of nitrogens with two attached hydrogens (primary N) is 2. The molecule has 9 nitrogen and oxygen atoms in total. The highest BCUT2D eigenvalue weighted by atomic mass is 35.5. The topological polar surface area (TPSA) is 142 Å². The largest absolute Gasteiger partial charge is 0.418 e. The first-order valence-corrected chi connectivity index (χ1v) is 12.6. The van der Waals surface area contributed by atoms with E-state index in [1.807, 2.05) is 31.2 Å². The van der Waals surface area contributed by atoms with E-state index in [1.54, 1.807) is 6.92 Å². The Morgan fingerprint density at radius 3 is 1.67 bits per heavy atom. The second kappa shape index (κ2) is 15.7. The van der Waals surface area contributed by atoms with E-state index >= 15 is 0 Å². The number of nitrogen functional groups attached to an aromatic ring is 2. The van der Waals surface area contributed by atoms with E-state index < -0.39 is 50.4 Å². The van der Waals surface area contributed by atoms with Crippen LogP contribution in [0.2, 0.25) is 0 Å². The van der Waals surface area contributed by atoms with Gasteiger partial charge in [-0.05, 0) is 37.6 Å². The minimum absolute atomic E-state index is 0.00926. The van der Waals surface area contributed by atoms with Gasteiger partial charge in [-0.15, -0.1) is 11.6 Å². The van der Waals surface area contributed by atoms with Gasteiger partial charge in [-0.25, -0.2) is 0 Å². The van der Waals surface area contributed by atoms with Crippen LogP contribution in [0.1, 0.15) is 30.0 Å². The first-order chi connectivity index (χ1) is 19.4. The van der Waals surface area contributed by atoms with Gasteiger partial charge < -0.3 is 16.4 Å². The Kier molecular flexibility index (Phi) is 13.3. The smallest absolute Gasteiger partial charge is 0.399 e. The molecule has 42 heavy (non-hydrogen) atoms. The Hall–Kier alpha value is -4.27. The summed E-state index contributed by atoms with van der Waals surface area (Å²) < 4.78 is 74.4. The fourth-order valence-electron chi connectivity index (χ4n) is 3.40. The molecule has 0 atom stereocenters. The van der Waals surface area contributed by atoms with E-state index in [2.05, 4.69) is 0 Å². The third-order valence-electron chi connectivity index (χ3n) is 5.30. The van der Waals surface area contributed by atoms with Gasteiger partial charge in [0.15, 0.2) is 5.69 Å². The lowest BCUT2D eigenvalue weighted by Crippen LogP contribution is -2.28. The van der Waals surface area contributed by atoms with Crippen molar-refractivity contribution in [2.45, 2.75) is 32.6 Å². The molecule has 0 heterocycles. The summed E-state index contributed by atoms with van der Waals surface area (Å²) in [6.45, 7) is 3.98. The molecule has 3 aromatic rings. The Morgan fingerprint density at radius 1 is 0.833 bits per heavy atom. The van der Waals surface area contributed by atoms with Crippen molar-refractivity contribution in [3.8, 4) is 0 Å². The number of rotatable bonds is 7. The molecule has 3 rings (SSSR count). The fraction of sp³-hybridized carbons (Fsp3) is 0.308. The zero-order chi connectivity index (χ0) is 32.3. The highest BCUT2D eigenvalue weighted by Gasteiger charge is 2.39. The average Bonchev–Trinajstić information content (AvgIpc) is 2.89. The number of alkyl halides is 7. The number of anilines is 3. The van der Waals surface area contributed by atoms with Gasteiger partial charge in [0.25, 0.3) is 11.4 Å². The Bertz CT molecular complexity index is 1280. The molecule has 0 spiro atoms. The van der Waals surface area contributed by atoms with Crippen LogP contribution in [0.4, 0.5) is 54.8 Å². The van der Waals surface area contributed by atoms with Gasteiger partial charge in [0, 0.05) is 42.5 Å². The maximum Gasteiger partial charge on any atom is 0.418 e. The lowest BCUT2D eigenvalue weighted by molar-refractivity contribution is -0.393. The van der Waals surface area contributed by atoms with Crippen molar-refractivity contribution in [1.29, 1.82) is 0 Å². The molecule has 0 aliphatic carbocycles. The van der Waals surface area contributed by atoms with Crippen LogP contribution in [0.15, 0.2) is 60.7 Å². The summed E-state index contributed by atoms with van der Waals surface area (Å²) in [5.41, 5.74) is 7.74. The van der Waals surface area contributed by atoms with Gasteiger partial charge in [0.2, 0.25) is 0 Å². The summed E-state index contributed by atoms with van der Waals surface area (Å²) in [5, 5.41) is 22.3. The van der Waals surface area contributed by atoms with Crippen LogP contribution in [-0.4, -0.2) is 28.8 Å². The zero-order valence-electron chi connectivity index (χ0n) is 22.4. The number of hydrogen-bond acceptors (Lipinski definition) is 7. The minimum Gasteiger partial charge on any atom is -0.399 e. The van der Waals surface area contributed by atoms with Crippen molar-refractivity contribution in [3.63, 3.8) is 0 Å². The van der Waals surface area contributed by atoms with Gasteiger partial charge in [0.1, 0.15) is 0 Å². The molecule has 0 fully saturated rings. The number of halogens is 7. The maximum absolute atomic E-state index is 12.8. The van der Waals surface area contributed by atoms with E-state index in [0.717, 1.165) is 11.8 Å². The first kappa shape index (κ1) is 35.8. The molecule has 230 valence electrons. The summed E-state index contributed by atoms with van der Waals surface area (Å²) in [6, 6.07) is 13.3. The number of para-hydroxylation sites is 1. The molecule has 0 saturated heterocycles. The van der Waals surface area contributed by atoms with Crippen molar-refractivity contribution in [1.82, 2.24) is 0 Å². The number of nitro benzene ring substituents is 2. The van der Waals surface area contributed by atoms with Crippen molar-refractivity contribution in [2.24, 2.45) is 0 Å². The molecule has 0 radical (unpaired) electrons. The summed E-state index contributed by atoms with van der Waals surface area (Å²) in [4.78, 5) is 21.4. The Morgan fingerprint density at radius 2 is 1.33 bits per heavy atom. The summed E-state index contributed by atoms with van der Waals surface area (Å²) in [6.07, 6.45) is -8.80. The van der Waals surface area contributed by atoms with Gasteiger partial charge in [-0.2, -0.15) is 26.3 Å². The van der Waals surface area contributed by atoms with Crippen LogP contribution >= 0.6 is 11.6 Å². The fourth-order valence-corrected chi connectivity index (χ4v) is 3.60. The van der Waals surface area contributed by atoms with Gasteiger partial charge in [-0.1, -0.05) is 36.8 Å². The molecule has 0 amide bonds. The third kappa shape index (κ3) is 11.0. The van der Waals surface area contributed by atoms with Crippen LogP contribution in [0, 0.1) is 27.2 Å². The van der Waals surface area contributed by atoms with Crippen molar-refractivity contribution in [2.75, 3.05) is 35.3 Å². The molecule has 3 aromatic carbocycles. The van der Waals surface area contributed by atoms with Gasteiger partial charge >= 0.3 is 12.4 Å². The van der Waals surface area contributed by atoms with Crippen molar-refractivity contribution < 1.29 is 36.2 Å². The Labute approximate surface area is 242 Å². The zero-order valence-corrected chi connectivity index (χ0v) is 23.1. The molecule has 0 aliphatic heterocycles. The van der Waals surface area contributed by atoms with Crippen molar-refractivity contribution >= 4 is 40.0 Å². The summed E-state index contributed by atoms with van der Waals surface area (Å²) >= 11 is 5.59. The van der Waals surface area contributed by atoms with Crippen LogP contribution < -0.4 is 16.4 Å². The van der Waals surface area contributed by atoms with Crippen LogP contribution in [0.25, 0.3) is 0 Å². The van der Waals surface area contributed by atoms with Crippen LogP contribution in [0.3, 0.4) is 0 Å². The van der Waals surface area contributed by atoms with Crippen LogP contribution in [-0.2, 0) is 12.4 Å². The van der Waals surface area contributed by atoms with Gasteiger partial charge in [-0.3, -0.25) is 20.2 Å². The summed E-state index contributed by atoms with van der Waals surface area (Å²) in [7, 11) is 0. The third-order valence-corrected chi connectivity index (χ3v) is 5.47. The lowest BCUT2D eigenvalue weighted by Gasteiger charge is -2.23. The van der Waals surface area contributed by atoms with E-state index in [1.165, 1.54) is 28.7 Å². The molecule has 0 saturated carbocycles. The Balaban J connectivity index is 0.000000378. The SMILES string of the molecule is CCCN(CCCl)c1c([N+](=O)[O-])cc(C(F)(F)F)cc1[N+](=O)[O-].Cc1ccc(N)cc1.Nc1ccccc1C(F)(F)F. The number of nitrogens with zero attached hydrogens (tertiary/aromatic N) is 3. The molecule has 0 bridgehead atoms. The molecule has 0 aromatic heterocycles.